The largest absolute Gasteiger partial charge is 0.378 e. The molecule has 0 aliphatic carbocycles. The lowest BCUT2D eigenvalue weighted by Crippen LogP contribution is -2.03. The number of hydrogen-bond acceptors (Lipinski definition) is 2. The Morgan fingerprint density at radius 3 is 2.76 bits per heavy atom. The van der Waals surface area contributed by atoms with Crippen molar-refractivity contribution in [2.45, 2.75) is 25.3 Å². The fourth-order valence-corrected chi connectivity index (χ4v) is 2.66. The van der Waals surface area contributed by atoms with Gasteiger partial charge in [0.1, 0.15) is 0 Å². The van der Waals surface area contributed by atoms with Crippen LogP contribution in [-0.2, 0) is 6.54 Å². The van der Waals surface area contributed by atoms with Crippen molar-refractivity contribution in [2.75, 3.05) is 0 Å². The van der Waals surface area contributed by atoms with Gasteiger partial charge in [0.25, 0.3) is 0 Å². The minimum Gasteiger partial charge on any atom is -0.378 e. The molecular formula is C13H17N3S. The van der Waals surface area contributed by atoms with Gasteiger partial charge in [-0.15, -0.1) is 0 Å². The van der Waals surface area contributed by atoms with E-state index >= 15 is 0 Å². The molecule has 0 unspecified atom stereocenters. The van der Waals surface area contributed by atoms with E-state index < -0.39 is 0 Å². The van der Waals surface area contributed by atoms with Crippen molar-refractivity contribution < 1.29 is 0 Å². The predicted octanol–water partition coefficient (Wildman–Crippen LogP) is 3.28. The van der Waals surface area contributed by atoms with E-state index in [1.165, 1.54) is 22.7 Å². The molecule has 1 aromatic carbocycles. The summed E-state index contributed by atoms with van der Waals surface area (Å²) in [6.45, 7) is 5.39. The molecule has 4 heteroatoms. The smallest absolute Gasteiger partial charge is 0.156 e. The molecular weight excluding hydrogens is 230 g/mol. The molecule has 0 saturated carbocycles. The maximum Gasteiger partial charge on any atom is 0.156 e. The molecule has 0 saturated heterocycles. The summed E-state index contributed by atoms with van der Waals surface area (Å²) in [5, 5.41) is 8.70. The molecule has 0 atom stereocenters. The molecule has 2 rings (SSSR count). The third-order valence-corrected chi connectivity index (χ3v) is 3.30. The number of nitrogens with two attached hydrogens (primary N) is 1. The van der Waals surface area contributed by atoms with Crippen molar-refractivity contribution in [2.24, 2.45) is 11.7 Å². The van der Waals surface area contributed by atoms with Crippen LogP contribution in [-0.4, -0.2) is 9.73 Å². The topological polar surface area (TPSA) is 54.8 Å². The van der Waals surface area contributed by atoms with E-state index in [0.29, 0.717) is 5.92 Å². The Morgan fingerprint density at radius 2 is 2.12 bits per heavy atom. The van der Waals surface area contributed by atoms with Crippen molar-refractivity contribution in [1.82, 2.24) is 4.57 Å². The van der Waals surface area contributed by atoms with Gasteiger partial charge in [0, 0.05) is 28.5 Å². The third-order valence-electron chi connectivity index (χ3n) is 2.53. The predicted molar refractivity (Wildman–Crippen MR) is 74.5 cm³/mol. The van der Waals surface area contributed by atoms with Gasteiger partial charge < -0.3 is 10.3 Å². The van der Waals surface area contributed by atoms with E-state index in [0.717, 1.165) is 11.4 Å². The van der Waals surface area contributed by atoms with Crippen LogP contribution in [0.15, 0.2) is 35.4 Å². The minimum absolute atomic E-state index is 0.137. The highest BCUT2D eigenvalue weighted by Crippen LogP contribution is 2.30. The Morgan fingerprint density at radius 1 is 1.41 bits per heavy atom. The van der Waals surface area contributed by atoms with E-state index in [1.807, 2.05) is 12.1 Å². The Balaban J connectivity index is 2.50. The first-order valence-corrected chi connectivity index (χ1v) is 6.49. The lowest BCUT2D eigenvalue weighted by molar-refractivity contribution is 0.534. The molecule has 2 aromatic rings. The van der Waals surface area contributed by atoms with Crippen molar-refractivity contribution in [3.05, 3.63) is 30.5 Å². The SMILES string of the molecule is CC(C)Cn1cc(SC(=N)N)c2ccccc21. The summed E-state index contributed by atoms with van der Waals surface area (Å²) in [5.74, 6) is 0.598. The molecule has 17 heavy (non-hydrogen) atoms. The fourth-order valence-electron chi connectivity index (χ4n) is 1.96. The zero-order valence-corrected chi connectivity index (χ0v) is 10.9. The van der Waals surface area contributed by atoms with Gasteiger partial charge in [-0.05, 0) is 12.0 Å². The van der Waals surface area contributed by atoms with Gasteiger partial charge in [-0.25, -0.2) is 0 Å². The molecule has 3 N–H and O–H groups in total. The normalized spacial score (nSPS) is 11.2. The van der Waals surface area contributed by atoms with E-state index in [9.17, 15) is 0 Å². The summed E-state index contributed by atoms with van der Waals surface area (Å²) in [5.41, 5.74) is 6.68. The molecule has 0 spiro atoms. The number of fused-ring (bicyclic) bond motifs is 1. The van der Waals surface area contributed by atoms with Gasteiger partial charge in [-0.2, -0.15) is 0 Å². The second-order valence-electron chi connectivity index (χ2n) is 4.52. The summed E-state index contributed by atoms with van der Waals surface area (Å²) in [7, 11) is 0. The first-order chi connectivity index (χ1) is 8.08. The molecule has 0 aliphatic rings. The second kappa shape index (κ2) is 4.84. The molecule has 90 valence electrons. The standard InChI is InChI=1S/C13H17N3S/c1-9(2)7-16-8-12(17-13(14)15)10-5-3-4-6-11(10)16/h3-6,8-9H,7H2,1-2H3,(H3,14,15). The van der Waals surface area contributed by atoms with Crippen LogP contribution in [0.2, 0.25) is 0 Å². The number of nitrogens with one attached hydrogen (secondary N) is 1. The number of hydrogen-bond donors (Lipinski definition) is 2. The number of thioether (sulfide) groups is 1. The summed E-state index contributed by atoms with van der Waals surface area (Å²) in [6, 6.07) is 8.26. The molecule has 0 amide bonds. The van der Waals surface area contributed by atoms with Crippen LogP contribution >= 0.6 is 11.8 Å². The Labute approximate surface area is 106 Å². The average molecular weight is 247 g/mol. The molecule has 0 radical (unpaired) electrons. The quantitative estimate of drug-likeness (QED) is 0.497. The van der Waals surface area contributed by atoms with Gasteiger partial charge in [-0.3, -0.25) is 5.41 Å². The van der Waals surface area contributed by atoms with Crippen molar-refractivity contribution >= 4 is 27.8 Å². The zero-order chi connectivity index (χ0) is 12.4. The van der Waals surface area contributed by atoms with Crippen LogP contribution in [0.3, 0.4) is 0 Å². The molecule has 1 heterocycles. The van der Waals surface area contributed by atoms with Crippen LogP contribution in [0.5, 0.6) is 0 Å². The van der Waals surface area contributed by atoms with Gasteiger partial charge >= 0.3 is 0 Å². The van der Waals surface area contributed by atoms with Crippen molar-refractivity contribution in [3.8, 4) is 0 Å². The highest BCUT2D eigenvalue weighted by Gasteiger charge is 2.10. The molecule has 0 fully saturated rings. The Kier molecular flexibility index (Phi) is 3.43. The second-order valence-corrected chi connectivity index (χ2v) is 5.61. The third kappa shape index (κ3) is 2.64. The van der Waals surface area contributed by atoms with Gasteiger partial charge in [0.05, 0.1) is 0 Å². The van der Waals surface area contributed by atoms with Crippen molar-refractivity contribution in [1.29, 1.82) is 5.41 Å². The fraction of sp³-hybridized carbons (Fsp3) is 0.308. The van der Waals surface area contributed by atoms with Crippen LogP contribution in [0.1, 0.15) is 13.8 Å². The Hall–Kier alpha value is -1.42. The van der Waals surface area contributed by atoms with Crippen molar-refractivity contribution in [3.63, 3.8) is 0 Å². The number of benzene rings is 1. The first kappa shape index (κ1) is 12.0. The molecule has 3 nitrogen and oxygen atoms in total. The summed E-state index contributed by atoms with van der Waals surface area (Å²) in [4.78, 5) is 1.06. The van der Waals surface area contributed by atoms with Crippen LogP contribution in [0, 0.1) is 11.3 Å². The maximum absolute atomic E-state index is 7.39. The van der Waals surface area contributed by atoms with E-state index in [1.54, 1.807) is 0 Å². The lowest BCUT2D eigenvalue weighted by Gasteiger charge is -2.07. The van der Waals surface area contributed by atoms with E-state index in [4.69, 9.17) is 11.1 Å². The maximum atomic E-state index is 7.39. The van der Waals surface area contributed by atoms with Gasteiger partial charge in [-0.1, -0.05) is 43.8 Å². The zero-order valence-electron chi connectivity index (χ0n) is 10.1. The van der Waals surface area contributed by atoms with Gasteiger partial charge in [0.2, 0.25) is 0 Å². The summed E-state index contributed by atoms with van der Waals surface area (Å²) >= 11 is 1.32. The van der Waals surface area contributed by atoms with E-state index in [2.05, 4.69) is 36.7 Å². The highest BCUT2D eigenvalue weighted by atomic mass is 32.2. The minimum atomic E-state index is 0.137. The lowest BCUT2D eigenvalue weighted by atomic mass is 10.2. The number of rotatable bonds is 3. The van der Waals surface area contributed by atoms with Crippen LogP contribution in [0.25, 0.3) is 10.9 Å². The molecule has 1 aromatic heterocycles. The summed E-state index contributed by atoms with van der Waals surface area (Å²) in [6.07, 6.45) is 2.09. The summed E-state index contributed by atoms with van der Waals surface area (Å²) < 4.78 is 2.24. The highest BCUT2D eigenvalue weighted by molar-refractivity contribution is 8.13. The molecule has 0 bridgehead atoms. The average Bonchev–Trinajstić information content (AvgIpc) is 2.56. The number of nitrogens with zero attached hydrogens (tertiary/aromatic N) is 1. The number of para-hydroxylation sites is 1. The first-order valence-electron chi connectivity index (χ1n) is 5.67. The number of amidine groups is 1. The Bertz CT molecular complexity index is 543. The molecule has 0 aliphatic heterocycles. The van der Waals surface area contributed by atoms with E-state index in [-0.39, 0.29) is 5.17 Å². The number of aromatic nitrogens is 1. The van der Waals surface area contributed by atoms with Crippen LogP contribution < -0.4 is 5.73 Å². The van der Waals surface area contributed by atoms with Crippen LogP contribution in [0.4, 0.5) is 0 Å². The monoisotopic (exact) mass is 247 g/mol. The van der Waals surface area contributed by atoms with Gasteiger partial charge in [0.15, 0.2) is 5.17 Å².